The molecule has 0 spiro atoms. The molecule has 1 aliphatic rings. The molecule has 110 valence electrons. The Balaban J connectivity index is 2.26. The van der Waals surface area contributed by atoms with Crippen molar-refractivity contribution in [3.05, 3.63) is 18.2 Å². The molecule has 6 nitrogen and oxygen atoms in total. The average molecular weight is 316 g/mol. The van der Waals surface area contributed by atoms with E-state index in [1.54, 1.807) is 11.8 Å². The number of amides is 1. The van der Waals surface area contributed by atoms with Gasteiger partial charge in [-0.1, -0.05) is 0 Å². The molecular weight excluding hydrogens is 300 g/mol. The number of primary sulfonamides is 1. The van der Waals surface area contributed by atoms with E-state index in [0.29, 0.717) is 11.4 Å². The van der Waals surface area contributed by atoms with Gasteiger partial charge in [0.15, 0.2) is 0 Å². The Morgan fingerprint density at radius 2 is 2.25 bits per heavy atom. The van der Waals surface area contributed by atoms with Crippen LogP contribution in [0.1, 0.15) is 6.42 Å². The summed E-state index contributed by atoms with van der Waals surface area (Å²) in [4.78, 5) is 12.0. The molecule has 3 N–H and O–H groups in total. The summed E-state index contributed by atoms with van der Waals surface area (Å²) in [6, 6.07) is 4.13. The predicted molar refractivity (Wildman–Crippen MR) is 78.4 cm³/mol. The summed E-state index contributed by atoms with van der Waals surface area (Å²) < 4.78 is 27.8. The van der Waals surface area contributed by atoms with Crippen LogP contribution in [0.3, 0.4) is 0 Å². The zero-order valence-electron chi connectivity index (χ0n) is 11.0. The molecule has 0 saturated carbocycles. The summed E-state index contributed by atoms with van der Waals surface area (Å²) in [6.45, 7) is 0. The Bertz CT molecular complexity index is 610. The molecule has 1 aliphatic heterocycles. The van der Waals surface area contributed by atoms with E-state index in [1.807, 2.05) is 0 Å². The first-order chi connectivity index (χ1) is 9.41. The molecule has 1 unspecified atom stereocenters. The molecule has 2 rings (SSSR count). The van der Waals surface area contributed by atoms with Gasteiger partial charge in [-0.2, -0.15) is 11.8 Å². The number of hydrogen-bond donors (Lipinski definition) is 2. The van der Waals surface area contributed by atoms with Crippen LogP contribution in [0, 0.1) is 5.92 Å². The van der Waals surface area contributed by atoms with E-state index < -0.39 is 10.0 Å². The van der Waals surface area contributed by atoms with Crippen molar-refractivity contribution in [3.63, 3.8) is 0 Å². The molecule has 1 aromatic carbocycles. The lowest BCUT2D eigenvalue weighted by molar-refractivity contribution is -0.119. The van der Waals surface area contributed by atoms with Crippen molar-refractivity contribution in [2.75, 3.05) is 23.9 Å². The monoisotopic (exact) mass is 316 g/mol. The molecule has 1 amide bonds. The highest BCUT2D eigenvalue weighted by molar-refractivity contribution is 7.99. The van der Waals surface area contributed by atoms with Crippen LogP contribution in [-0.2, 0) is 14.8 Å². The second-order valence-corrected chi connectivity index (χ2v) is 7.17. The summed E-state index contributed by atoms with van der Waals surface area (Å²) in [6.07, 6.45) is 0.827. The quantitative estimate of drug-likeness (QED) is 0.864. The summed E-state index contributed by atoms with van der Waals surface area (Å²) in [7, 11) is -2.36. The number of carbonyl (C=O) groups excluding carboxylic acids is 1. The standard InChI is InChI=1S/C12H16N2O4S2/c1-18-11-3-2-9(20(13,16)17)6-10(11)14-12(15)8-4-5-19-7-8/h2-3,6,8H,4-5,7H2,1H3,(H,14,15)(H2,13,16,17). The van der Waals surface area contributed by atoms with Gasteiger partial charge in [-0.05, 0) is 30.4 Å². The van der Waals surface area contributed by atoms with Crippen molar-refractivity contribution in [1.82, 2.24) is 0 Å². The molecule has 0 bridgehead atoms. The van der Waals surface area contributed by atoms with Crippen molar-refractivity contribution in [3.8, 4) is 5.75 Å². The van der Waals surface area contributed by atoms with Crippen molar-refractivity contribution in [2.24, 2.45) is 11.1 Å². The molecule has 1 atom stereocenters. The Morgan fingerprint density at radius 3 is 2.80 bits per heavy atom. The fraction of sp³-hybridized carbons (Fsp3) is 0.417. The Hall–Kier alpha value is -1.25. The minimum absolute atomic E-state index is 0.0529. The maximum Gasteiger partial charge on any atom is 0.238 e. The Morgan fingerprint density at radius 1 is 1.50 bits per heavy atom. The normalized spacial score (nSPS) is 18.8. The third kappa shape index (κ3) is 3.44. The van der Waals surface area contributed by atoms with Gasteiger partial charge in [-0.15, -0.1) is 0 Å². The van der Waals surface area contributed by atoms with E-state index in [9.17, 15) is 13.2 Å². The summed E-state index contributed by atoms with van der Waals surface area (Å²) in [5.74, 6) is 1.97. The Kier molecular flexibility index (Phi) is 4.56. The number of benzene rings is 1. The molecule has 20 heavy (non-hydrogen) atoms. The second kappa shape index (κ2) is 6.02. The third-order valence-electron chi connectivity index (χ3n) is 3.06. The van der Waals surface area contributed by atoms with Gasteiger partial charge in [0, 0.05) is 11.7 Å². The number of ether oxygens (including phenoxy) is 1. The molecule has 0 aromatic heterocycles. The van der Waals surface area contributed by atoms with Gasteiger partial charge in [0.1, 0.15) is 5.75 Å². The number of thioether (sulfide) groups is 1. The van der Waals surface area contributed by atoms with Crippen LogP contribution in [0.4, 0.5) is 5.69 Å². The smallest absolute Gasteiger partial charge is 0.238 e. The van der Waals surface area contributed by atoms with Crippen LogP contribution >= 0.6 is 11.8 Å². The average Bonchev–Trinajstić information content (AvgIpc) is 2.91. The highest BCUT2D eigenvalue weighted by atomic mass is 32.2. The maximum absolute atomic E-state index is 12.1. The largest absolute Gasteiger partial charge is 0.495 e. The Labute approximate surface area is 122 Å². The summed E-state index contributed by atoms with van der Waals surface area (Å²) >= 11 is 1.73. The van der Waals surface area contributed by atoms with Gasteiger partial charge >= 0.3 is 0 Å². The zero-order chi connectivity index (χ0) is 14.8. The molecule has 0 aliphatic carbocycles. The third-order valence-corrected chi connectivity index (χ3v) is 5.13. The van der Waals surface area contributed by atoms with Gasteiger partial charge in [0.25, 0.3) is 0 Å². The minimum Gasteiger partial charge on any atom is -0.495 e. The SMILES string of the molecule is COc1ccc(S(N)(=O)=O)cc1NC(=O)C1CCSC1. The van der Waals surface area contributed by atoms with E-state index >= 15 is 0 Å². The number of methoxy groups -OCH3 is 1. The number of rotatable bonds is 4. The number of sulfonamides is 1. The second-order valence-electron chi connectivity index (χ2n) is 4.46. The van der Waals surface area contributed by atoms with E-state index in [-0.39, 0.29) is 16.7 Å². The highest BCUT2D eigenvalue weighted by Gasteiger charge is 2.24. The number of carbonyl (C=O) groups is 1. The van der Waals surface area contributed by atoms with Crippen molar-refractivity contribution < 1.29 is 17.9 Å². The van der Waals surface area contributed by atoms with E-state index in [0.717, 1.165) is 17.9 Å². The van der Waals surface area contributed by atoms with E-state index in [4.69, 9.17) is 9.88 Å². The summed E-state index contributed by atoms with van der Waals surface area (Å²) in [5.41, 5.74) is 0.320. The molecule has 1 saturated heterocycles. The van der Waals surface area contributed by atoms with Crippen LogP contribution in [0.5, 0.6) is 5.75 Å². The highest BCUT2D eigenvalue weighted by Crippen LogP contribution is 2.29. The zero-order valence-corrected chi connectivity index (χ0v) is 12.6. The van der Waals surface area contributed by atoms with Gasteiger partial charge in [-0.25, -0.2) is 13.6 Å². The molecule has 8 heteroatoms. The minimum atomic E-state index is -3.82. The van der Waals surface area contributed by atoms with Crippen molar-refractivity contribution >= 4 is 33.4 Å². The molecule has 0 radical (unpaired) electrons. The fourth-order valence-corrected chi connectivity index (χ4v) is 3.70. The van der Waals surface area contributed by atoms with Crippen LogP contribution in [0.25, 0.3) is 0 Å². The van der Waals surface area contributed by atoms with Gasteiger partial charge in [-0.3, -0.25) is 4.79 Å². The molecule has 1 fully saturated rings. The maximum atomic E-state index is 12.1. The van der Waals surface area contributed by atoms with Crippen molar-refractivity contribution in [1.29, 1.82) is 0 Å². The molecule has 1 heterocycles. The predicted octanol–water partition coefficient (Wildman–Crippen LogP) is 1.03. The van der Waals surface area contributed by atoms with Crippen LogP contribution in [0.2, 0.25) is 0 Å². The number of nitrogens with two attached hydrogens (primary N) is 1. The summed E-state index contributed by atoms with van der Waals surface area (Å²) in [5, 5.41) is 7.80. The topological polar surface area (TPSA) is 98.5 Å². The van der Waals surface area contributed by atoms with Gasteiger partial charge in [0.2, 0.25) is 15.9 Å². The van der Waals surface area contributed by atoms with Gasteiger partial charge < -0.3 is 10.1 Å². The number of anilines is 1. The lowest BCUT2D eigenvalue weighted by Gasteiger charge is -2.14. The first kappa shape index (κ1) is 15.1. The van der Waals surface area contributed by atoms with Crippen molar-refractivity contribution in [2.45, 2.75) is 11.3 Å². The fourth-order valence-electron chi connectivity index (χ4n) is 1.94. The van der Waals surface area contributed by atoms with Crippen LogP contribution in [0.15, 0.2) is 23.1 Å². The first-order valence-corrected chi connectivity index (χ1v) is 8.71. The lowest BCUT2D eigenvalue weighted by Crippen LogP contribution is -2.23. The lowest BCUT2D eigenvalue weighted by atomic mass is 10.1. The molecular formula is C12H16N2O4S2. The van der Waals surface area contributed by atoms with Gasteiger partial charge in [0.05, 0.1) is 17.7 Å². The number of hydrogen-bond acceptors (Lipinski definition) is 5. The first-order valence-electron chi connectivity index (χ1n) is 6.01. The van der Waals surface area contributed by atoms with Crippen LogP contribution in [-0.4, -0.2) is 32.9 Å². The van der Waals surface area contributed by atoms with E-state index in [2.05, 4.69) is 5.32 Å². The molecule has 1 aromatic rings. The van der Waals surface area contributed by atoms with E-state index in [1.165, 1.54) is 25.3 Å². The van der Waals surface area contributed by atoms with Crippen LogP contribution < -0.4 is 15.2 Å². The number of nitrogens with one attached hydrogen (secondary N) is 1.